The molecule has 0 aliphatic heterocycles. The number of nitrogens with one attached hydrogen (secondary N) is 2. The monoisotopic (exact) mass is 277 g/mol. The Labute approximate surface area is 115 Å². The smallest absolute Gasteiger partial charge is 0.201 e. The fourth-order valence-electron chi connectivity index (χ4n) is 1.42. The van der Waals surface area contributed by atoms with Gasteiger partial charge in [-0.25, -0.2) is 0 Å². The van der Waals surface area contributed by atoms with Gasteiger partial charge in [-0.05, 0) is 12.1 Å². The van der Waals surface area contributed by atoms with E-state index in [9.17, 15) is 5.11 Å². The number of amidine groups is 1. The molecule has 1 aromatic rings. The second kappa shape index (κ2) is 7.08. The molecule has 0 aliphatic rings. The van der Waals surface area contributed by atoms with Crippen LogP contribution in [0.5, 0.6) is 5.75 Å². The second-order valence-corrected chi connectivity index (χ2v) is 3.68. The van der Waals surface area contributed by atoms with E-state index >= 15 is 0 Å². The van der Waals surface area contributed by atoms with Crippen LogP contribution in [0.4, 0.5) is 5.69 Å². The maximum atomic E-state index is 9.71. The number of aromatic hydroxyl groups is 1. The van der Waals surface area contributed by atoms with E-state index in [-0.39, 0.29) is 17.1 Å². The fraction of sp³-hybridized carbons (Fsp3) is 0.250. The number of hydrogen-bond donors (Lipinski definition) is 4. The number of phenolic OH excluding ortho intramolecular Hbond substituents is 1. The number of anilines is 1. The van der Waals surface area contributed by atoms with E-state index in [1.54, 1.807) is 18.2 Å². The Hall–Kier alpha value is -2.63. The Kier molecular flexibility index (Phi) is 5.46. The van der Waals surface area contributed by atoms with Gasteiger partial charge in [0.25, 0.3) is 0 Å². The van der Waals surface area contributed by atoms with Crippen LogP contribution in [-0.4, -0.2) is 30.9 Å². The topological polar surface area (TPSA) is 137 Å². The summed E-state index contributed by atoms with van der Waals surface area (Å²) in [7, 11) is 2.96. The number of nitrogens with zero attached hydrogens (tertiary/aromatic N) is 2. The summed E-state index contributed by atoms with van der Waals surface area (Å²) < 4.78 is 10.2. The molecule has 0 aromatic heterocycles. The van der Waals surface area contributed by atoms with Gasteiger partial charge in [-0.2, -0.15) is 10.4 Å². The highest BCUT2D eigenvalue weighted by molar-refractivity contribution is 6.45. The molecule has 8 nitrogen and oxygen atoms in total. The number of phenols is 1. The number of methoxy groups -OCH3 is 2. The first kappa shape index (κ1) is 15.4. The number of hydrogen-bond acceptors (Lipinski definition) is 7. The minimum atomic E-state index is -0.594. The van der Waals surface area contributed by atoms with Crippen LogP contribution in [0.15, 0.2) is 23.3 Å². The first-order valence-corrected chi connectivity index (χ1v) is 5.50. The average molecular weight is 277 g/mol. The quantitative estimate of drug-likeness (QED) is 0.200. The molecule has 106 valence electrons. The molecule has 0 unspecified atom stereocenters. The largest absolute Gasteiger partial charge is 0.506 e. The minimum Gasteiger partial charge on any atom is -0.506 e. The molecular formula is C12H15N5O3. The van der Waals surface area contributed by atoms with E-state index in [0.717, 1.165) is 0 Å². The van der Waals surface area contributed by atoms with E-state index in [1.807, 2.05) is 0 Å². The van der Waals surface area contributed by atoms with Crippen LogP contribution >= 0.6 is 0 Å². The molecule has 0 saturated carbocycles. The maximum Gasteiger partial charge on any atom is 0.201 e. The highest BCUT2D eigenvalue weighted by Crippen LogP contribution is 2.28. The highest BCUT2D eigenvalue weighted by Gasteiger charge is 2.12. The summed E-state index contributed by atoms with van der Waals surface area (Å²) in [6, 6.07) is 6.26. The average Bonchev–Trinajstić information content (AvgIpc) is 2.43. The highest BCUT2D eigenvalue weighted by atomic mass is 16.7. The third-order valence-corrected chi connectivity index (χ3v) is 2.37. The molecule has 8 heteroatoms. The first-order chi connectivity index (χ1) is 9.53. The van der Waals surface area contributed by atoms with Gasteiger partial charge in [-0.3, -0.25) is 10.8 Å². The lowest BCUT2D eigenvalue weighted by atomic mass is 10.2. The van der Waals surface area contributed by atoms with Crippen molar-refractivity contribution in [2.45, 2.75) is 6.29 Å². The van der Waals surface area contributed by atoms with Crippen molar-refractivity contribution >= 4 is 17.2 Å². The lowest BCUT2D eigenvalue weighted by Gasteiger charge is -2.15. The van der Waals surface area contributed by atoms with Crippen LogP contribution in [0, 0.1) is 16.7 Å². The van der Waals surface area contributed by atoms with Crippen LogP contribution in [0.2, 0.25) is 0 Å². The van der Waals surface area contributed by atoms with Gasteiger partial charge in [0.2, 0.25) is 5.71 Å². The molecule has 0 bridgehead atoms. The van der Waals surface area contributed by atoms with E-state index < -0.39 is 12.1 Å². The number of nitriles is 1. The SMILES string of the molecule is COC(OC)c1ccc(O)c(N/N=C(\C#N)C(=N)N)c1. The Morgan fingerprint density at radius 3 is 2.65 bits per heavy atom. The lowest BCUT2D eigenvalue weighted by molar-refractivity contribution is -0.105. The first-order valence-electron chi connectivity index (χ1n) is 5.50. The summed E-state index contributed by atoms with van der Waals surface area (Å²) in [5.41, 5.74) is 8.22. The molecule has 0 fully saturated rings. The van der Waals surface area contributed by atoms with Gasteiger partial charge in [0.15, 0.2) is 12.1 Å². The molecule has 5 N–H and O–H groups in total. The van der Waals surface area contributed by atoms with Crippen LogP contribution in [0.1, 0.15) is 11.9 Å². The number of nitrogens with two attached hydrogens (primary N) is 1. The standard InChI is InChI=1S/C12H15N5O3/c1-19-12(20-2)7-3-4-10(18)8(5-7)16-17-9(6-13)11(14)15/h3-5,12,16,18H,1-2H3,(H3,14,15)/b17-9+. The van der Waals surface area contributed by atoms with Crippen molar-refractivity contribution in [2.75, 3.05) is 19.6 Å². The van der Waals surface area contributed by atoms with Crippen molar-refractivity contribution in [3.63, 3.8) is 0 Å². The molecule has 20 heavy (non-hydrogen) atoms. The van der Waals surface area contributed by atoms with Gasteiger partial charge in [0.1, 0.15) is 11.8 Å². The van der Waals surface area contributed by atoms with Crippen molar-refractivity contribution in [3.05, 3.63) is 23.8 Å². The molecule has 0 saturated heterocycles. The molecule has 1 rings (SSSR count). The molecule has 0 radical (unpaired) electrons. The zero-order chi connectivity index (χ0) is 15.1. The second-order valence-electron chi connectivity index (χ2n) is 3.68. The van der Waals surface area contributed by atoms with Gasteiger partial charge in [0.05, 0.1) is 5.69 Å². The van der Waals surface area contributed by atoms with E-state index in [0.29, 0.717) is 5.56 Å². The molecule has 0 spiro atoms. The van der Waals surface area contributed by atoms with E-state index in [2.05, 4.69) is 10.5 Å². The Morgan fingerprint density at radius 1 is 1.50 bits per heavy atom. The predicted molar refractivity (Wildman–Crippen MR) is 73.5 cm³/mol. The number of rotatable bonds is 6. The Balaban J connectivity index is 3.04. The predicted octanol–water partition coefficient (Wildman–Crippen LogP) is 0.911. The number of benzene rings is 1. The lowest BCUT2D eigenvalue weighted by Crippen LogP contribution is -2.21. The molecule has 0 amide bonds. The van der Waals surface area contributed by atoms with Gasteiger partial charge in [0, 0.05) is 19.8 Å². The summed E-state index contributed by atoms with van der Waals surface area (Å²) in [5.74, 6) is -0.549. The van der Waals surface area contributed by atoms with Crippen molar-refractivity contribution < 1.29 is 14.6 Å². The third-order valence-electron chi connectivity index (χ3n) is 2.37. The fourth-order valence-corrected chi connectivity index (χ4v) is 1.42. The van der Waals surface area contributed by atoms with Gasteiger partial charge in [-0.1, -0.05) is 6.07 Å². The normalized spacial score (nSPS) is 11.2. The summed E-state index contributed by atoms with van der Waals surface area (Å²) in [5, 5.41) is 29.2. The molecule has 1 aromatic carbocycles. The minimum absolute atomic E-state index is 0.0794. The van der Waals surface area contributed by atoms with Crippen LogP contribution in [0.25, 0.3) is 0 Å². The number of hydrazone groups is 1. The Morgan fingerprint density at radius 2 is 2.15 bits per heavy atom. The van der Waals surface area contributed by atoms with Crippen molar-refractivity contribution in [1.29, 1.82) is 10.7 Å². The van der Waals surface area contributed by atoms with Crippen LogP contribution < -0.4 is 11.2 Å². The van der Waals surface area contributed by atoms with Gasteiger partial charge >= 0.3 is 0 Å². The molecule has 0 atom stereocenters. The van der Waals surface area contributed by atoms with Crippen molar-refractivity contribution in [1.82, 2.24) is 0 Å². The van der Waals surface area contributed by atoms with Crippen molar-refractivity contribution in [3.8, 4) is 11.8 Å². The summed E-state index contributed by atoms with van der Waals surface area (Å²) in [6.07, 6.45) is -0.594. The maximum absolute atomic E-state index is 9.71. The molecule has 0 heterocycles. The Bertz CT molecular complexity index is 561. The molecule has 0 aliphatic carbocycles. The van der Waals surface area contributed by atoms with Crippen LogP contribution in [0.3, 0.4) is 0 Å². The third kappa shape index (κ3) is 3.68. The van der Waals surface area contributed by atoms with Gasteiger partial charge in [-0.15, -0.1) is 0 Å². The van der Waals surface area contributed by atoms with E-state index in [4.69, 9.17) is 25.9 Å². The van der Waals surface area contributed by atoms with Gasteiger partial charge < -0.3 is 20.3 Å². The summed E-state index contributed by atoms with van der Waals surface area (Å²) >= 11 is 0. The zero-order valence-corrected chi connectivity index (χ0v) is 11.0. The summed E-state index contributed by atoms with van der Waals surface area (Å²) in [6.45, 7) is 0. The zero-order valence-electron chi connectivity index (χ0n) is 11.0. The number of ether oxygens (including phenoxy) is 2. The summed E-state index contributed by atoms with van der Waals surface area (Å²) in [4.78, 5) is 0. The van der Waals surface area contributed by atoms with Crippen molar-refractivity contribution in [2.24, 2.45) is 10.8 Å². The molecular weight excluding hydrogens is 262 g/mol. The van der Waals surface area contributed by atoms with E-state index in [1.165, 1.54) is 20.3 Å². The van der Waals surface area contributed by atoms with Crippen LogP contribution in [-0.2, 0) is 9.47 Å².